The van der Waals surface area contributed by atoms with Crippen LogP contribution in [0.4, 0.5) is 5.69 Å². The van der Waals surface area contributed by atoms with Crippen LogP contribution in [0.5, 0.6) is 0 Å². The lowest BCUT2D eigenvalue weighted by Crippen LogP contribution is -2.09. The maximum absolute atomic E-state index is 6.07. The molecule has 0 saturated carbocycles. The van der Waals surface area contributed by atoms with Gasteiger partial charge in [-0.05, 0) is 83.1 Å². The first-order chi connectivity index (χ1) is 9.54. The third kappa shape index (κ3) is 2.59. The van der Waals surface area contributed by atoms with E-state index in [2.05, 4.69) is 59.4 Å². The third-order valence-corrected chi connectivity index (χ3v) is 4.79. The monoisotopic (exact) mass is 349 g/mol. The number of nitrogens with one attached hydrogen (secondary N) is 1. The number of halogens is 2. The third-order valence-electron chi connectivity index (χ3n) is 3.93. The maximum atomic E-state index is 6.07. The molecular formula is C17H17BrClN. The lowest BCUT2D eigenvalue weighted by atomic mass is 10.1. The van der Waals surface area contributed by atoms with Crippen LogP contribution in [-0.4, -0.2) is 0 Å². The Labute approximate surface area is 133 Å². The molecular weight excluding hydrogens is 334 g/mol. The molecule has 0 bridgehead atoms. The van der Waals surface area contributed by atoms with E-state index in [0.717, 1.165) is 22.3 Å². The summed E-state index contributed by atoms with van der Waals surface area (Å²) in [4.78, 5) is 0. The van der Waals surface area contributed by atoms with Crippen LogP contribution >= 0.6 is 27.5 Å². The van der Waals surface area contributed by atoms with Gasteiger partial charge in [0.25, 0.3) is 0 Å². The molecule has 0 radical (unpaired) electrons. The highest BCUT2D eigenvalue weighted by Gasteiger charge is 2.23. The summed E-state index contributed by atoms with van der Waals surface area (Å²) >= 11 is 9.74. The standard InChI is InChI=1S/C17H17BrClN/c1-10-7-11(2)17(15(18)8-10)20-16-6-3-12-9-13(19)4-5-14(12)16/h4-5,7-9,16,20H,3,6H2,1-2H3. The van der Waals surface area contributed by atoms with Gasteiger partial charge in [-0.25, -0.2) is 0 Å². The maximum Gasteiger partial charge on any atom is 0.0520 e. The van der Waals surface area contributed by atoms with Crippen molar-refractivity contribution >= 4 is 33.2 Å². The first-order valence-electron chi connectivity index (χ1n) is 6.86. The molecule has 1 nitrogen and oxygen atoms in total. The predicted octanol–water partition coefficient (Wildman–Crippen LogP) is 5.82. The van der Waals surface area contributed by atoms with Crippen molar-refractivity contribution in [3.8, 4) is 0 Å². The van der Waals surface area contributed by atoms with Crippen molar-refractivity contribution in [2.24, 2.45) is 0 Å². The van der Waals surface area contributed by atoms with E-state index in [9.17, 15) is 0 Å². The van der Waals surface area contributed by atoms with Crippen molar-refractivity contribution in [2.45, 2.75) is 32.7 Å². The van der Waals surface area contributed by atoms with E-state index in [0.29, 0.717) is 6.04 Å². The lowest BCUT2D eigenvalue weighted by Gasteiger charge is -2.19. The Kier molecular flexibility index (Phi) is 3.78. The van der Waals surface area contributed by atoms with Crippen LogP contribution in [0.2, 0.25) is 5.02 Å². The minimum absolute atomic E-state index is 0.375. The average molecular weight is 351 g/mol. The second kappa shape index (κ2) is 5.42. The minimum atomic E-state index is 0.375. The highest BCUT2D eigenvalue weighted by molar-refractivity contribution is 9.10. The molecule has 0 heterocycles. The number of hydrogen-bond acceptors (Lipinski definition) is 1. The zero-order valence-corrected chi connectivity index (χ0v) is 14.0. The average Bonchev–Trinajstić information content (AvgIpc) is 2.76. The SMILES string of the molecule is Cc1cc(C)c(NC2CCc3cc(Cl)ccc32)c(Br)c1. The fourth-order valence-electron chi connectivity index (χ4n) is 3.01. The molecule has 3 heteroatoms. The zero-order chi connectivity index (χ0) is 14.3. The Morgan fingerprint density at radius 2 is 2.00 bits per heavy atom. The number of anilines is 1. The van der Waals surface area contributed by atoms with Gasteiger partial charge in [-0.2, -0.15) is 0 Å². The van der Waals surface area contributed by atoms with Crippen molar-refractivity contribution in [1.29, 1.82) is 0 Å². The molecule has 1 atom stereocenters. The molecule has 2 aromatic carbocycles. The van der Waals surface area contributed by atoms with Gasteiger partial charge < -0.3 is 5.32 Å². The summed E-state index contributed by atoms with van der Waals surface area (Å²) in [5.41, 5.74) is 6.50. The number of hydrogen-bond donors (Lipinski definition) is 1. The van der Waals surface area contributed by atoms with E-state index in [4.69, 9.17) is 11.6 Å². The first-order valence-corrected chi connectivity index (χ1v) is 8.03. The zero-order valence-electron chi connectivity index (χ0n) is 11.6. The summed E-state index contributed by atoms with van der Waals surface area (Å²) in [6.07, 6.45) is 2.21. The molecule has 1 N–H and O–H groups in total. The molecule has 2 aromatic rings. The van der Waals surface area contributed by atoms with Crippen LogP contribution < -0.4 is 5.32 Å². The summed E-state index contributed by atoms with van der Waals surface area (Å²) in [5, 5.41) is 4.52. The molecule has 0 saturated heterocycles. The molecule has 0 fully saturated rings. The molecule has 0 spiro atoms. The smallest absolute Gasteiger partial charge is 0.0520 e. The van der Waals surface area contributed by atoms with E-state index in [-0.39, 0.29) is 0 Å². The van der Waals surface area contributed by atoms with Crippen molar-refractivity contribution in [3.63, 3.8) is 0 Å². The Morgan fingerprint density at radius 1 is 1.20 bits per heavy atom. The topological polar surface area (TPSA) is 12.0 Å². The molecule has 1 aliphatic rings. The molecule has 1 unspecified atom stereocenters. The van der Waals surface area contributed by atoms with E-state index in [1.807, 2.05) is 6.07 Å². The van der Waals surface area contributed by atoms with E-state index >= 15 is 0 Å². The molecule has 20 heavy (non-hydrogen) atoms. The van der Waals surface area contributed by atoms with Gasteiger partial charge in [0.15, 0.2) is 0 Å². The molecule has 1 aliphatic carbocycles. The van der Waals surface area contributed by atoms with Crippen molar-refractivity contribution in [3.05, 3.63) is 62.1 Å². The first kappa shape index (κ1) is 14.0. The van der Waals surface area contributed by atoms with E-state index < -0.39 is 0 Å². The molecule has 0 aromatic heterocycles. The van der Waals surface area contributed by atoms with Gasteiger partial charge in [0, 0.05) is 9.50 Å². The van der Waals surface area contributed by atoms with E-state index in [1.54, 1.807) is 0 Å². The van der Waals surface area contributed by atoms with Crippen molar-refractivity contribution < 1.29 is 0 Å². The van der Waals surface area contributed by atoms with Gasteiger partial charge in [-0.3, -0.25) is 0 Å². The van der Waals surface area contributed by atoms with Crippen LogP contribution in [0.15, 0.2) is 34.8 Å². The van der Waals surface area contributed by atoms with Gasteiger partial charge in [-0.1, -0.05) is 23.7 Å². The Bertz CT molecular complexity index is 643. The van der Waals surface area contributed by atoms with Crippen molar-refractivity contribution in [1.82, 2.24) is 0 Å². The fourth-order valence-corrected chi connectivity index (χ4v) is 3.99. The van der Waals surface area contributed by atoms with Gasteiger partial charge in [0.2, 0.25) is 0 Å². The lowest BCUT2D eigenvalue weighted by molar-refractivity contribution is 0.760. The number of benzene rings is 2. The molecule has 3 rings (SSSR count). The van der Waals surface area contributed by atoms with Crippen LogP contribution in [0.3, 0.4) is 0 Å². The largest absolute Gasteiger partial charge is 0.377 e. The summed E-state index contributed by atoms with van der Waals surface area (Å²) in [5.74, 6) is 0. The van der Waals surface area contributed by atoms with Gasteiger partial charge in [0.1, 0.15) is 0 Å². The highest BCUT2D eigenvalue weighted by Crippen LogP contribution is 2.38. The highest BCUT2D eigenvalue weighted by atomic mass is 79.9. The van der Waals surface area contributed by atoms with Crippen molar-refractivity contribution in [2.75, 3.05) is 5.32 Å². The van der Waals surface area contributed by atoms with Crippen LogP contribution in [-0.2, 0) is 6.42 Å². The second-order valence-corrected chi connectivity index (χ2v) is 6.81. The number of rotatable bonds is 2. The van der Waals surface area contributed by atoms with Gasteiger partial charge in [0.05, 0.1) is 11.7 Å². The van der Waals surface area contributed by atoms with Gasteiger partial charge >= 0.3 is 0 Å². The Hall–Kier alpha value is -0.990. The van der Waals surface area contributed by atoms with E-state index in [1.165, 1.54) is 27.9 Å². The number of aryl methyl sites for hydroxylation is 3. The van der Waals surface area contributed by atoms with Crippen LogP contribution in [0, 0.1) is 13.8 Å². The molecule has 104 valence electrons. The minimum Gasteiger partial charge on any atom is -0.377 e. The van der Waals surface area contributed by atoms with Gasteiger partial charge in [-0.15, -0.1) is 0 Å². The van der Waals surface area contributed by atoms with Crippen LogP contribution in [0.25, 0.3) is 0 Å². The normalized spacial score (nSPS) is 17.1. The summed E-state index contributed by atoms with van der Waals surface area (Å²) in [7, 11) is 0. The second-order valence-electron chi connectivity index (χ2n) is 5.52. The molecule has 0 aliphatic heterocycles. The van der Waals surface area contributed by atoms with Crippen LogP contribution in [0.1, 0.15) is 34.7 Å². The summed E-state index contributed by atoms with van der Waals surface area (Å²) in [6, 6.07) is 11.0. The fraction of sp³-hybridized carbons (Fsp3) is 0.294. The Balaban J connectivity index is 1.91. The summed E-state index contributed by atoms with van der Waals surface area (Å²) in [6.45, 7) is 4.27. The predicted molar refractivity (Wildman–Crippen MR) is 89.8 cm³/mol. The Morgan fingerprint density at radius 3 is 2.75 bits per heavy atom. The molecule has 0 amide bonds. The quantitative estimate of drug-likeness (QED) is 0.719. The number of fused-ring (bicyclic) bond motifs is 1. The summed E-state index contributed by atoms with van der Waals surface area (Å²) < 4.78 is 1.14.